The third-order valence-corrected chi connectivity index (χ3v) is 6.64. The summed E-state index contributed by atoms with van der Waals surface area (Å²) >= 11 is 0. The van der Waals surface area contributed by atoms with E-state index in [-0.39, 0.29) is 17.1 Å². The molecule has 34 heavy (non-hydrogen) atoms. The highest BCUT2D eigenvalue weighted by atomic mass is 32.2. The Balaban J connectivity index is 1.55. The van der Waals surface area contributed by atoms with Gasteiger partial charge in [-0.15, -0.1) is 8.78 Å². The van der Waals surface area contributed by atoms with E-state index in [1.807, 2.05) is 0 Å². The van der Waals surface area contributed by atoms with Crippen LogP contribution in [0.5, 0.6) is 11.5 Å². The maximum absolute atomic E-state index is 13.2. The van der Waals surface area contributed by atoms with Gasteiger partial charge in [0.25, 0.3) is 5.91 Å². The summed E-state index contributed by atoms with van der Waals surface area (Å²) in [5.41, 5.74) is 1.99. The second-order valence-corrected chi connectivity index (χ2v) is 10.2. The van der Waals surface area contributed by atoms with Crippen LogP contribution in [0.1, 0.15) is 35.9 Å². The van der Waals surface area contributed by atoms with E-state index >= 15 is 0 Å². The van der Waals surface area contributed by atoms with Crippen molar-refractivity contribution in [3.8, 4) is 22.9 Å². The summed E-state index contributed by atoms with van der Waals surface area (Å²) in [4.78, 5) is 25.8. The molecule has 0 saturated heterocycles. The number of rotatable bonds is 6. The zero-order chi connectivity index (χ0) is 24.5. The molecule has 3 aromatic rings. The van der Waals surface area contributed by atoms with E-state index in [9.17, 15) is 17.8 Å². The molecule has 0 spiro atoms. The van der Waals surface area contributed by atoms with Gasteiger partial charge in [-0.05, 0) is 37.3 Å². The number of benzene rings is 1. The predicted octanol–water partition coefficient (Wildman–Crippen LogP) is 4.10. The third-order valence-electron chi connectivity index (χ3n) is 4.97. The molecule has 2 aromatic heterocycles. The second kappa shape index (κ2) is 8.93. The molecule has 1 amide bonds. The summed E-state index contributed by atoms with van der Waals surface area (Å²) in [6, 6.07) is 6.56. The summed E-state index contributed by atoms with van der Waals surface area (Å²) in [5.74, 6) is -0.471. The quantitative estimate of drug-likeness (QED) is 0.554. The Hall–Kier alpha value is -3.67. The first kappa shape index (κ1) is 23.5. The molecule has 1 aliphatic rings. The first-order chi connectivity index (χ1) is 16.1. The number of aromatic nitrogens is 3. The summed E-state index contributed by atoms with van der Waals surface area (Å²) in [5, 5.41) is 2.77. The average molecular weight is 490 g/mol. The van der Waals surface area contributed by atoms with Crippen LogP contribution in [0.15, 0.2) is 53.3 Å². The fourth-order valence-electron chi connectivity index (χ4n) is 3.17. The van der Waals surface area contributed by atoms with Crippen molar-refractivity contribution >= 4 is 21.3 Å². The van der Waals surface area contributed by atoms with Crippen LogP contribution in [0.2, 0.25) is 0 Å². The molecule has 1 N–H and O–H groups in total. The van der Waals surface area contributed by atoms with Gasteiger partial charge in [0, 0.05) is 39.7 Å². The molecule has 4 rings (SSSR count). The number of fused-ring (bicyclic) bond motifs is 1. The van der Waals surface area contributed by atoms with Crippen LogP contribution < -0.4 is 14.8 Å². The van der Waals surface area contributed by atoms with Crippen LogP contribution >= 0.6 is 0 Å². The first-order valence-corrected chi connectivity index (χ1v) is 12.3. The number of nitrogens with zero attached hydrogens (tertiary/aromatic N) is 4. The number of nitrogens with one attached hydrogen (secondary N) is 1. The van der Waals surface area contributed by atoms with Crippen LogP contribution in [0.4, 0.5) is 14.5 Å². The Bertz CT molecular complexity index is 1360. The minimum Gasteiger partial charge on any atom is -0.395 e. The molecule has 0 bridgehead atoms. The molecule has 0 radical (unpaired) electrons. The number of amides is 1. The van der Waals surface area contributed by atoms with E-state index in [2.05, 4.69) is 34.1 Å². The van der Waals surface area contributed by atoms with Gasteiger partial charge in [0.1, 0.15) is 5.69 Å². The lowest BCUT2D eigenvalue weighted by Gasteiger charge is -2.16. The van der Waals surface area contributed by atoms with Gasteiger partial charge in [0.05, 0.1) is 29.3 Å². The van der Waals surface area contributed by atoms with Crippen molar-refractivity contribution in [2.75, 3.05) is 12.0 Å². The standard InChI is InChI=1S/C22H21F2N5O4S/c1-4-34(3,31)29-15-6-7-16(27-12-15)20-19(25-9-10-26-20)13(2)28-21(30)14-5-8-17-18(11-14)33-22(23,24)32-17/h5-13H,4H2,1-3H3,(H,28,30)/t13-,34?/m0/s1. The Morgan fingerprint density at radius 3 is 2.59 bits per heavy atom. The first-order valence-electron chi connectivity index (χ1n) is 10.2. The van der Waals surface area contributed by atoms with Crippen LogP contribution in [0, 0.1) is 0 Å². The fourth-order valence-corrected chi connectivity index (χ4v) is 3.85. The molecular weight excluding hydrogens is 468 g/mol. The van der Waals surface area contributed by atoms with Crippen LogP contribution in [0.3, 0.4) is 0 Å². The van der Waals surface area contributed by atoms with E-state index in [1.54, 1.807) is 32.2 Å². The molecule has 178 valence electrons. The van der Waals surface area contributed by atoms with Gasteiger partial charge in [-0.1, -0.05) is 6.92 Å². The van der Waals surface area contributed by atoms with Crippen molar-refractivity contribution in [3.63, 3.8) is 0 Å². The Labute approximate surface area is 194 Å². The van der Waals surface area contributed by atoms with Gasteiger partial charge in [-0.3, -0.25) is 19.7 Å². The van der Waals surface area contributed by atoms with E-state index < -0.39 is 28.0 Å². The summed E-state index contributed by atoms with van der Waals surface area (Å²) in [6.45, 7) is 3.51. The van der Waals surface area contributed by atoms with Crippen molar-refractivity contribution in [1.82, 2.24) is 20.3 Å². The summed E-state index contributed by atoms with van der Waals surface area (Å²) in [7, 11) is -2.32. The Morgan fingerprint density at radius 1 is 1.15 bits per heavy atom. The van der Waals surface area contributed by atoms with Crippen LogP contribution in [-0.4, -0.2) is 43.4 Å². The van der Waals surface area contributed by atoms with Crippen molar-refractivity contribution in [1.29, 1.82) is 0 Å². The number of alkyl halides is 2. The monoisotopic (exact) mass is 489 g/mol. The molecule has 1 unspecified atom stereocenters. The molecule has 3 heterocycles. The van der Waals surface area contributed by atoms with Gasteiger partial charge < -0.3 is 14.8 Å². The number of hydrogen-bond donors (Lipinski definition) is 1. The predicted molar refractivity (Wildman–Crippen MR) is 120 cm³/mol. The Kier molecular flexibility index (Phi) is 6.17. The molecule has 12 heteroatoms. The molecule has 9 nitrogen and oxygen atoms in total. The minimum atomic E-state index is -3.76. The highest BCUT2D eigenvalue weighted by Crippen LogP contribution is 2.41. The maximum Gasteiger partial charge on any atom is 0.586 e. The van der Waals surface area contributed by atoms with E-state index in [1.165, 1.54) is 36.8 Å². The Morgan fingerprint density at radius 2 is 1.88 bits per heavy atom. The maximum atomic E-state index is 13.2. The molecule has 0 aliphatic carbocycles. The van der Waals surface area contributed by atoms with Gasteiger partial charge in [-0.25, -0.2) is 4.21 Å². The lowest BCUT2D eigenvalue weighted by molar-refractivity contribution is -0.286. The van der Waals surface area contributed by atoms with Gasteiger partial charge in [0.2, 0.25) is 0 Å². The number of hydrogen-bond acceptors (Lipinski definition) is 8. The van der Waals surface area contributed by atoms with Crippen molar-refractivity contribution in [2.24, 2.45) is 4.36 Å². The third kappa shape index (κ3) is 5.11. The van der Waals surface area contributed by atoms with Crippen LogP contribution in [-0.2, 0) is 9.73 Å². The SMILES string of the molecule is CCS(C)(=O)=Nc1ccc(-c2nccnc2[C@H](C)NC(=O)c2ccc3c(c2)OC(F)(F)O3)nc1. The lowest BCUT2D eigenvalue weighted by Crippen LogP contribution is -2.28. The van der Waals surface area contributed by atoms with E-state index in [4.69, 9.17) is 0 Å². The second-order valence-electron chi connectivity index (χ2n) is 7.56. The van der Waals surface area contributed by atoms with Crippen molar-refractivity contribution in [2.45, 2.75) is 26.2 Å². The fraction of sp³-hybridized carbons (Fsp3) is 0.273. The average Bonchev–Trinajstić information content (AvgIpc) is 3.12. The lowest BCUT2D eigenvalue weighted by atomic mass is 10.1. The van der Waals surface area contributed by atoms with Gasteiger partial charge in [-0.2, -0.15) is 4.36 Å². The zero-order valence-corrected chi connectivity index (χ0v) is 19.3. The number of ether oxygens (including phenoxy) is 2. The number of carbonyl (C=O) groups is 1. The summed E-state index contributed by atoms with van der Waals surface area (Å²) in [6.07, 6.45) is 2.30. The molecule has 0 saturated carbocycles. The largest absolute Gasteiger partial charge is 0.586 e. The smallest absolute Gasteiger partial charge is 0.395 e. The van der Waals surface area contributed by atoms with Crippen LogP contribution in [0.25, 0.3) is 11.4 Å². The normalized spacial score (nSPS) is 16.4. The molecule has 0 fully saturated rings. The highest BCUT2D eigenvalue weighted by Gasteiger charge is 2.43. The number of halogens is 2. The van der Waals surface area contributed by atoms with E-state index in [0.29, 0.717) is 28.5 Å². The number of carbonyl (C=O) groups excluding carboxylic acids is 1. The molecule has 1 aliphatic heterocycles. The van der Waals surface area contributed by atoms with Gasteiger partial charge >= 0.3 is 6.29 Å². The van der Waals surface area contributed by atoms with Crippen molar-refractivity contribution < 1.29 is 27.3 Å². The number of pyridine rings is 1. The topological polar surface area (TPSA) is 116 Å². The molecular formula is C22H21F2N5O4S. The highest BCUT2D eigenvalue weighted by molar-refractivity contribution is 7.93. The van der Waals surface area contributed by atoms with E-state index in [0.717, 1.165) is 0 Å². The molecule has 1 aromatic carbocycles. The summed E-state index contributed by atoms with van der Waals surface area (Å²) < 4.78 is 51.7. The molecule has 2 atom stereocenters. The minimum absolute atomic E-state index is 0.112. The van der Waals surface area contributed by atoms with Gasteiger partial charge in [0.15, 0.2) is 11.5 Å². The zero-order valence-electron chi connectivity index (χ0n) is 18.5. The van der Waals surface area contributed by atoms with Crippen molar-refractivity contribution in [3.05, 3.63) is 60.2 Å².